The third-order valence-electron chi connectivity index (χ3n) is 0.818. The molecule has 2 N–H and O–H groups in total. The molecule has 0 aromatic heterocycles. The van der Waals surface area contributed by atoms with Crippen LogP contribution in [0.2, 0.25) is 0 Å². The molecule has 46 valence electrons. The van der Waals surface area contributed by atoms with Gasteiger partial charge in [-0.15, -0.1) is 0 Å². The molecule has 0 aliphatic rings. The van der Waals surface area contributed by atoms with E-state index in [-0.39, 0.29) is 0 Å². The molecule has 0 rings (SSSR count). The van der Waals surface area contributed by atoms with Gasteiger partial charge in [-0.25, -0.2) is 0 Å². The Bertz CT molecular complexity index is 86.5. The Hall–Kier alpha value is -0.630. The van der Waals surface area contributed by atoms with E-state index in [0.29, 0.717) is 12.5 Å². The Morgan fingerprint density at radius 3 is 2.88 bits per heavy atom. The highest BCUT2D eigenvalue weighted by Crippen LogP contribution is 1.83. The fourth-order valence-corrected chi connectivity index (χ4v) is 0.269. The number of nitrogens with two attached hydrogens (primary N) is 1. The minimum Gasteiger partial charge on any atom is -0.330 e. The molecule has 1 unspecified atom stereocenters. The normalized spacial score (nSPS) is 14.2. The van der Waals surface area contributed by atoms with Gasteiger partial charge >= 0.3 is 0 Å². The Kier molecular flexibility index (Phi) is 4.17. The average Bonchev–Trinajstić information content (AvgIpc) is 1.83. The van der Waals surface area contributed by atoms with Crippen LogP contribution in [-0.4, -0.2) is 12.8 Å². The second-order valence-electron chi connectivity index (χ2n) is 1.69. The van der Waals surface area contributed by atoms with Crippen molar-refractivity contribution in [1.82, 2.24) is 0 Å². The summed E-state index contributed by atoms with van der Waals surface area (Å²) in [6.45, 7) is 6.09. The summed E-state index contributed by atoms with van der Waals surface area (Å²) < 4.78 is 0. The number of hydrogen-bond donors (Lipinski definition) is 1. The molecule has 0 aromatic rings. The monoisotopic (exact) mass is 112 g/mol. The van der Waals surface area contributed by atoms with Crippen LogP contribution in [0.1, 0.15) is 6.92 Å². The summed E-state index contributed by atoms with van der Waals surface area (Å²) in [6.07, 6.45) is 3.29. The number of aliphatic imine (C=N–C) groups is 1. The summed E-state index contributed by atoms with van der Waals surface area (Å²) in [5, 5.41) is 0. The summed E-state index contributed by atoms with van der Waals surface area (Å²) in [4.78, 5) is 3.80. The van der Waals surface area contributed by atoms with Crippen LogP contribution >= 0.6 is 0 Å². The van der Waals surface area contributed by atoms with E-state index in [0.717, 1.165) is 0 Å². The van der Waals surface area contributed by atoms with Gasteiger partial charge in [0, 0.05) is 18.3 Å². The first-order valence-electron chi connectivity index (χ1n) is 2.65. The van der Waals surface area contributed by atoms with Crippen molar-refractivity contribution in [1.29, 1.82) is 0 Å². The molecule has 0 radical (unpaired) electrons. The maximum Gasteiger partial charge on any atom is 0.0192 e. The minimum atomic E-state index is 0.369. The van der Waals surface area contributed by atoms with Gasteiger partial charge in [-0.3, -0.25) is 4.99 Å². The Balaban J connectivity index is 3.35. The predicted octanol–water partition coefficient (Wildman–Crippen LogP) is 0.796. The molecule has 0 aliphatic heterocycles. The highest BCUT2D eigenvalue weighted by molar-refractivity contribution is 5.61. The lowest BCUT2D eigenvalue weighted by atomic mass is 10.2. The van der Waals surface area contributed by atoms with Gasteiger partial charge in [0.2, 0.25) is 0 Å². The summed E-state index contributed by atoms with van der Waals surface area (Å²) in [7, 11) is 0. The third-order valence-corrected chi connectivity index (χ3v) is 0.818. The molecule has 0 aliphatic carbocycles. The molecule has 0 heterocycles. The van der Waals surface area contributed by atoms with E-state index in [9.17, 15) is 0 Å². The van der Waals surface area contributed by atoms with E-state index >= 15 is 0 Å². The van der Waals surface area contributed by atoms with E-state index in [2.05, 4.69) is 11.6 Å². The van der Waals surface area contributed by atoms with E-state index in [1.807, 2.05) is 6.92 Å². The molecule has 0 saturated heterocycles. The van der Waals surface area contributed by atoms with Crippen LogP contribution in [0.25, 0.3) is 0 Å². The zero-order valence-electron chi connectivity index (χ0n) is 5.17. The van der Waals surface area contributed by atoms with Gasteiger partial charge in [0.1, 0.15) is 0 Å². The van der Waals surface area contributed by atoms with Crippen LogP contribution in [0.15, 0.2) is 17.8 Å². The molecule has 2 heteroatoms. The standard InChI is InChI=1S/C6H12N2/c1-3-8-5-6(2)4-7/h3,5-6H,1,4,7H2,2H3/b8-5-. The van der Waals surface area contributed by atoms with Crippen LogP contribution in [0.3, 0.4) is 0 Å². The summed E-state index contributed by atoms with van der Waals surface area (Å²) in [5.41, 5.74) is 5.29. The van der Waals surface area contributed by atoms with Crippen molar-refractivity contribution in [3.05, 3.63) is 12.8 Å². The molecule has 0 amide bonds. The molecule has 8 heavy (non-hydrogen) atoms. The largest absolute Gasteiger partial charge is 0.330 e. The first-order valence-corrected chi connectivity index (χ1v) is 2.65. The van der Waals surface area contributed by atoms with Gasteiger partial charge in [-0.2, -0.15) is 0 Å². The van der Waals surface area contributed by atoms with Gasteiger partial charge in [-0.05, 0) is 6.54 Å². The fraction of sp³-hybridized carbons (Fsp3) is 0.500. The van der Waals surface area contributed by atoms with E-state index in [1.165, 1.54) is 6.20 Å². The zero-order chi connectivity index (χ0) is 6.41. The quantitative estimate of drug-likeness (QED) is 0.539. The van der Waals surface area contributed by atoms with Crippen molar-refractivity contribution in [2.45, 2.75) is 6.92 Å². The number of hydrogen-bond acceptors (Lipinski definition) is 2. The Labute approximate surface area is 50.1 Å². The molecule has 0 spiro atoms. The molecular formula is C6H12N2. The lowest BCUT2D eigenvalue weighted by molar-refractivity contribution is 0.799. The summed E-state index contributed by atoms with van der Waals surface area (Å²) in [6, 6.07) is 0. The topological polar surface area (TPSA) is 38.4 Å². The van der Waals surface area contributed by atoms with Crippen LogP contribution in [-0.2, 0) is 0 Å². The highest BCUT2D eigenvalue weighted by atomic mass is 14.7. The third kappa shape index (κ3) is 3.56. The first kappa shape index (κ1) is 7.37. The lowest BCUT2D eigenvalue weighted by Gasteiger charge is -1.95. The second kappa shape index (κ2) is 4.53. The second-order valence-corrected chi connectivity index (χ2v) is 1.69. The molecule has 0 saturated carbocycles. The maximum atomic E-state index is 5.29. The number of nitrogens with zero attached hydrogens (tertiary/aromatic N) is 1. The van der Waals surface area contributed by atoms with Gasteiger partial charge in [0.15, 0.2) is 0 Å². The van der Waals surface area contributed by atoms with Crippen molar-refractivity contribution in [3.8, 4) is 0 Å². The maximum absolute atomic E-state index is 5.29. The van der Waals surface area contributed by atoms with Gasteiger partial charge in [0.05, 0.1) is 0 Å². The SMILES string of the molecule is C=C/N=C\C(C)CN. The fourth-order valence-electron chi connectivity index (χ4n) is 0.269. The highest BCUT2D eigenvalue weighted by Gasteiger charge is 1.88. The van der Waals surface area contributed by atoms with Gasteiger partial charge in [0.25, 0.3) is 0 Å². The smallest absolute Gasteiger partial charge is 0.0192 e. The first-order chi connectivity index (χ1) is 3.81. The molecule has 1 atom stereocenters. The van der Waals surface area contributed by atoms with Crippen LogP contribution in [0.5, 0.6) is 0 Å². The van der Waals surface area contributed by atoms with Gasteiger partial charge in [-0.1, -0.05) is 13.5 Å². The number of rotatable bonds is 3. The molecule has 0 fully saturated rings. The molecular weight excluding hydrogens is 100 g/mol. The Morgan fingerprint density at radius 2 is 2.50 bits per heavy atom. The lowest BCUT2D eigenvalue weighted by Crippen LogP contribution is -2.11. The summed E-state index contributed by atoms with van der Waals surface area (Å²) >= 11 is 0. The van der Waals surface area contributed by atoms with Crippen molar-refractivity contribution < 1.29 is 0 Å². The minimum absolute atomic E-state index is 0.369. The van der Waals surface area contributed by atoms with Crippen molar-refractivity contribution in [2.75, 3.05) is 6.54 Å². The van der Waals surface area contributed by atoms with Crippen molar-refractivity contribution in [3.63, 3.8) is 0 Å². The summed E-state index contributed by atoms with van der Waals surface area (Å²) in [5.74, 6) is 0.369. The van der Waals surface area contributed by atoms with Crippen LogP contribution < -0.4 is 5.73 Å². The molecule has 0 bridgehead atoms. The van der Waals surface area contributed by atoms with E-state index in [4.69, 9.17) is 5.73 Å². The van der Waals surface area contributed by atoms with Crippen LogP contribution in [0.4, 0.5) is 0 Å². The molecule has 2 nitrogen and oxygen atoms in total. The molecule has 0 aromatic carbocycles. The predicted molar refractivity (Wildman–Crippen MR) is 36.9 cm³/mol. The van der Waals surface area contributed by atoms with Crippen LogP contribution in [0, 0.1) is 5.92 Å². The van der Waals surface area contributed by atoms with Gasteiger partial charge < -0.3 is 5.73 Å². The van der Waals surface area contributed by atoms with E-state index < -0.39 is 0 Å². The van der Waals surface area contributed by atoms with E-state index in [1.54, 1.807) is 6.21 Å². The van der Waals surface area contributed by atoms with Crippen molar-refractivity contribution in [2.24, 2.45) is 16.6 Å². The van der Waals surface area contributed by atoms with Crippen molar-refractivity contribution >= 4 is 6.21 Å². The zero-order valence-corrected chi connectivity index (χ0v) is 5.17. The average molecular weight is 112 g/mol. The Morgan fingerprint density at radius 1 is 1.88 bits per heavy atom.